The normalized spacial score (nSPS) is 10.8. The molecule has 0 aliphatic rings. The number of hydrogen-bond acceptors (Lipinski definition) is 3. The highest BCUT2D eigenvalue weighted by molar-refractivity contribution is 6.67. The molecule has 0 bridgehead atoms. The predicted molar refractivity (Wildman–Crippen MR) is 107 cm³/mol. The molecule has 140 valence electrons. The van der Waals surface area contributed by atoms with Crippen LogP contribution in [-0.4, -0.2) is 17.8 Å². The number of hydrogen-bond donors (Lipinski definition) is 0. The predicted octanol–water partition coefficient (Wildman–Crippen LogP) is 6.52. The lowest BCUT2D eigenvalue weighted by molar-refractivity contribution is 0.0497. The van der Waals surface area contributed by atoms with Crippen LogP contribution in [0.15, 0.2) is 36.4 Å². The lowest BCUT2D eigenvalue weighted by Gasteiger charge is -2.07. The maximum atomic E-state index is 12.2. The molecule has 0 amide bonds. The van der Waals surface area contributed by atoms with Crippen LogP contribution in [0.3, 0.4) is 0 Å². The molecule has 2 aromatic rings. The molecular formula is C22H27ClO3. The first-order valence-electron chi connectivity index (χ1n) is 9.52. The fraction of sp³-hybridized carbons (Fsp3) is 0.455. The Bertz CT molecular complexity index is 739. The van der Waals surface area contributed by atoms with Crippen molar-refractivity contribution < 1.29 is 14.3 Å². The number of rotatable bonds is 11. The topological polar surface area (TPSA) is 43.4 Å². The van der Waals surface area contributed by atoms with Gasteiger partial charge in [0.1, 0.15) is 0 Å². The van der Waals surface area contributed by atoms with E-state index in [-0.39, 0.29) is 5.97 Å². The van der Waals surface area contributed by atoms with Crippen molar-refractivity contribution in [1.29, 1.82) is 0 Å². The Balaban J connectivity index is 1.75. The van der Waals surface area contributed by atoms with Crippen LogP contribution in [0.4, 0.5) is 0 Å². The third-order valence-electron chi connectivity index (χ3n) is 4.53. The van der Waals surface area contributed by atoms with Crippen molar-refractivity contribution in [3.05, 3.63) is 47.5 Å². The maximum absolute atomic E-state index is 12.2. The molecule has 0 unspecified atom stereocenters. The summed E-state index contributed by atoms with van der Waals surface area (Å²) in [6.45, 7) is 2.69. The van der Waals surface area contributed by atoms with Gasteiger partial charge in [-0.05, 0) is 53.1 Å². The number of halogens is 1. The van der Waals surface area contributed by atoms with E-state index in [9.17, 15) is 9.59 Å². The second kappa shape index (κ2) is 11.0. The fourth-order valence-electron chi connectivity index (χ4n) is 2.98. The van der Waals surface area contributed by atoms with Gasteiger partial charge < -0.3 is 4.74 Å². The molecular weight excluding hydrogens is 348 g/mol. The third-order valence-corrected chi connectivity index (χ3v) is 4.75. The van der Waals surface area contributed by atoms with Gasteiger partial charge in [-0.1, -0.05) is 64.0 Å². The van der Waals surface area contributed by atoms with Gasteiger partial charge in [0.05, 0.1) is 12.2 Å². The molecule has 0 saturated heterocycles. The Kier molecular flexibility index (Phi) is 8.63. The van der Waals surface area contributed by atoms with Crippen LogP contribution in [0.25, 0.3) is 10.8 Å². The van der Waals surface area contributed by atoms with Crippen LogP contribution in [0.5, 0.6) is 0 Å². The Morgan fingerprint density at radius 3 is 1.96 bits per heavy atom. The standard InChI is InChI=1S/C22H27ClO3/c1-2-3-4-5-6-7-8-9-14-26-22(25)20-13-11-17-15-19(21(23)24)12-10-18(17)16-20/h10-13,15-16H,2-9,14H2,1H3. The van der Waals surface area contributed by atoms with E-state index in [4.69, 9.17) is 16.3 Å². The molecule has 0 heterocycles. The molecule has 0 aliphatic heterocycles. The maximum Gasteiger partial charge on any atom is 0.338 e. The summed E-state index contributed by atoms with van der Waals surface area (Å²) in [5.74, 6) is -0.299. The van der Waals surface area contributed by atoms with E-state index in [0.29, 0.717) is 17.7 Å². The zero-order valence-corrected chi connectivity index (χ0v) is 16.2. The molecule has 0 aliphatic carbocycles. The first-order valence-corrected chi connectivity index (χ1v) is 9.90. The van der Waals surface area contributed by atoms with E-state index in [2.05, 4.69) is 6.92 Å². The van der Waals surface area contributed by atoms with E-state index in [1.54, 1.807) is 30.3 Å². The minimum atomic E-state index is -0.485. The van der Waals surface area contributed by atoms with Crippen LogP contribution >= 0.6 is 11.6 Å². The Morgan fingerprint density at radius 2 is 1.35 bits per heavy atom. The molecule has 0 fully saturated rings. The summed E-state index contributed by atoms with van der Waals surface area (Å²) in [4.78, 5) is 23.4. The highest BCUT2D eigenvalue weighted by Gasteiger charge is 2.09. The molecule has 0 aromatic heterocycles. The van der Waals surface area contributed by atoms with Gasteiger partial charge in [0.15, 0.2) is 0 Å². The van der Waals surface area contributed by atoms with Crippen molar-refractivity contribution >= 4 is 33.6 Å². The number of fused-ring (bicyclic) bond motifs is 1. The zero-order valence-electron chi connectivity index (χ0n) is 15.4. The van der Waals surface area contributed by atoms with Crippen LogP contribution in [-0.2, 0) is 4.74 Å². The van der Waals surface area contributed by atoms with Crippen molar-refractivity contribution in [2.75, 3.05) is 6.61 Å². The summed E-state index contributed by atoms with van der Waals surface area (Å²) in [5.41, 5.74) is 0.978. The Hall–Kier alpha value is -1.87. The van der Waals surface area contributed by atoms with Crippen molar-refractivity contribution in [1.82, 2.24) is 0 Å². The number of carbonyl (C=O) groups excluding carboxylic acids is 2. The van der Waals surface area contributed by atoms with Gasteiger partial charge >= 0.3 is 5.97 Å². The lowest BCUT2D eigenvalue weighted by atomic mass is 10.0. The average Bonchev–Trinajstić information content (AvgIpc) is 2.65. The van der Waals surface area contributed by atoms with E-state index >= 15 is 0 Å². The van der Waals surface area contributed by atoms with Crippen LogP contribution in [0.1, 0.15) is 79.0 Å². The lowest BCUT2D eigenvalue weighted by Crippen LogP contribution is -2.06. The largest absolute Gasteiger partial charge is 0.462 e. The van der Waals surface area contributed by atoms with Gasteiger partial charge in [-0.2, -0.15) is 0 Å². The van der Waals surface area contributed by atoms with Crippen LogP contribution < -0.4 is 0 Å². The quantitative estimate of drug-likeness (QED) is 0.255. The fourth-order valence-corrected chi connectivity index (χ4v) is 3.10. The number of ether oxygens (including phenoxy) is 1. The summed E-state index contributed by atoms with van der Waals surface area (Å²) in [6.07, 6.45) is 9.73. The molecule has 0 N–H and O–H groups in total. The molecule has 26 heavy (non-hydrogen) atoms. The van der Waals surface area contributed by atoms with Gasteiger partial charge in [-0.15, -0.1) is 0 Å². The number of carbonyl (C=O) groups is 2. The smallest absolute Gasteiger partial charge is 0.338 e. The minimum absolute atomic E-state index is 0.299. The molecule has 2 aromatic carbocycles. The molecule has 4 heteroatoms. The monoisotopic (exact) mass is 374 g/mol. The van der Waals surface area contributed by atoms with Gasteiger partial charge in [0.25, 0.3) is 5.24 Å². The number of esters is 1. The summed E-state index contributed by atoms with van der Waals surface area (Å²) in [5, 5.41) is 1.27. The highest BCUT2D eigenvalue weighted by atomic mass is 35.5. The minimum Gasteiger partial charge on any atom is -0.462 e. The second-order valence-corrected chi connectivity index (χ2v) is 7.00. The summed E-state index contributed by atoms with van der Waals surface area (Å²) in [6, 6.07) is 10.5. The van der Waals surface area contributed by atoms with Gasteiger partial charge in [0.2, 0.25) is 0 Å². The molecule has 0 radical (unpaired) electrons. The SMILES string of the molecule is CCCCCCCCCCOC(=O)c1ccc2cc(C(=O)Cl)ccc2c1. The van der Waals surface area contributed by atoms with Gasteiger partial charge in [-0.3, -0.25) is 4.79 Å². The third kappa shape index (κ3) is 6.45. The van der Waals surface area contributed by atoms with Crippen LogP contribution in [0, 0.1) is 0 Å². The number of benzene rings is 2. The summed E-state index contributed by atoms with van der Waals surface area (Å²) >= 11 is 5.50. The van der Waals surface area contributed by atoms with E-state index < -0.39 is 5.24 Å². The molecule has 0 atom stereocenters. The molecule has 0 spiro atoms. The van der Waals surface area contributed by atoms with E-state index in [1.807, 2.05) is 6.07 Å². The van der Waals surface area contributed by atoms with Crippen molar-refractivity contribution in [3.63, 3.8) is 0 Å². The van der Waals surface area contributed by atoms with E-state index in [1.165, 1.54) is 38.5 Å². The number of unbranched alkanes of at least 4 members (excludes halogenated alkanes) is 7. The van der Waals surface area contributed by atoms with Crippen molar-refractivity contribution in [2.45, 2.75) is 58.3 Å². The first-order chi connectivity index (χ1) is 12.6. The Labute approximate surface area is 160 Å². The molecule has 3 nitrogen and oxygen atoms in total. The molecule has 2 rings (SSSR count). The van der Waals surface area contributed by atoms with Gasteiger partial charge in [0, 0.05) is 5.56 Å². The average molecular weight is 375 g/mol. The van der Waals surface area contributed by atoms with Crippen molar-refractivity contribution in [3.8, 4) is 0 Å². The second-order valence-electron chi connectivity index (χ2n) is 6.66. The van der Waals surface area contributed by atoms with E-state index in [0.717, 1.165) is 23.6 Å². The van der Waals surface area contributed by atoms with Crippen LogP contribution in [0.2, 0.25) is 0 Å². The molecule has 0 saturated carbocycles. The van der Waals surface area contributed by atoms with Gasteiger partial charge in [-0.25, -0.2) is 4.79 Å². The zero-order chi connectivity index (χ0) is 18.8. The highest BCUT2D eigenvalue weighted by Crippen LogP contribution is 2.19. The summed E-state index contributed by atoms with van der Waals surface area (Å²) in [7, 11) is 0. The summed E-state index contributed by atoms with van der Waals surface area (Å²) < 4.78 is 5.37. The first kappa shape index (κ1) is 20.4. The Morgan fingerprint density at radius 1 is 0.808 bits per heavy atom. The van der Waals surface area contributed by atoms with Crippen molar-refractivity contribution in [2.24, 2.45) is 0 Å².